The van der Waals surface area contributed by atoms with Crippen LogP contribution in [0.2, 0.25) is 0 Å². The van der Waals surface area contributed by atoms with Crippen molar-refractivity contribution in [3.63, 3.8) is 0 Å². The highest BCUT2D eigenvalue weighted by Gasteiger charge is 2.22. The third-order valence-electron chi connectivity index (χ3n) is 4.74. The molecule has 0 radical (unpaired) electrons. The van der Waals surface area contributed by atoms with E-state index in [1.165, 1.54) is 11.1 Å². The molecule has 1 amide bonds. The van der Waals surface area contributed by atoms with Gasteiger partial charge in [-0.15, -0.1) is 12.4 Å². The zero-order valence-electron chi connectivity index (χ0n) is 17.1. The number of hydrogen-bond donors (Lipinski definition) is 1. The molecule has 26 heavy (non-hydrogen) atoms. The van der Waals surface area contributed by atoms with Crippen molar-refractivity contribution in [3.8, 4) is 0 Å². The molecule has 4 nitrogen and oxygen atoms in total. The smallest absolute Gasteiger partial charge is 0.251 e. The molecule has 148 valence electrons. The lowest BCUT2D eigenvalue weighted by Gasteiger charge is -2.27. The lowest BCUT2D eigenvalue weighted by atomic mass is 9.79. The minimum atomic E-state index is 0. The van der Waals surface area contributed by atoms with Crippen LogP contribution in [-0.2, 0) is 15.6 Å². The second kappa shape index (κ2) is 9.20. The van der Waals surface area contributed by atoms with Gasteiger partial charge in [-0.25, -0.2) is 0 Å². The molecule has 0 spiro atoms. The van der Waals surface area contributed by atoms with E-state index in [-0.39, 0.29) is 29.1 Å². The first-order chi connectivity index (χ1) is 11.6. The van der Waals surface area contributed by atoms with Crippen molar-refractivity contribution in [2.75, 3.05) is 39.4 Å². The highest BCUT2D eigenvalue weighted by atomic mass is 35.5. The van der Waals surface area contributed by atoms with E-state index in [1.54, 1.807) is 0 Å². The molecule has 0 aliphatic carbocycles. The van der Waals surface area contributed by atoms with Crippen LogP contribution >= 0.6 is 12.4 Å². The maximum absolute atomic E-state index is 12.7. The number of halogens is 1. The summed E-state index contributed by atoms with van der Waals surface area (Å²) >= 11 is 0. The fourth-order valence-electron chi connectivity index (χ4n) is 2.88. The van der Waals surface area contributed by atoms with Crippen LogP contribution in [0.3, 0.4) is 0 Å². The quantitative estimate of drug-likeness (QED) is 0.861. The van der Waals surface area contributed by atoms with Gasteiger partial charge < -0.3 is 10.1 Å². The summed E-state index contributed by atoms with van der Waals surface area (Å²) in [5, 5.41) is 3.08. The molecule has 0 aromatic heterocycles. The van der Waals surface area contributed by atoms with E-state index in [9.17, 15) is 4.79 Å². The molecule has 0 unspecified atom stereocenters. The molecule has 5 heteroatoms. The number of amides is 1. The summed E-state index contributed by atoms with van der Waals surface area (Å²) in [4.78, 5) is 15.0. The summed E-state index contributed by atoms with van der Waals surface area (Å²) in [6.07, 6.45) is 0. The molecule has 1 aliphatic rings. The Labute approximate surface area is 165 Å². The van der Waals surface area contributed by atoms with Gasteiger partial charge in [-0.3, -0.25) is 9.69 Å². The Bertz CT molecular complexity index is 565. The summed E-state index contributed by atoms with van der Waals surface area (Å²) in [7, 11) is 0. The van der Waals surface area contributed by atoms with E-state index in [4.69, 9.17) is 4.74 Å². The Morgan fingerprint density at radius 2 is 1.50 bits per heavy atom. The molecule has 1 saturated heterocycles. The summed E-state index contributed by atoms with van der Waals surface area (Å²) in [5.41, 5.74) is 3.21. The number of hydrogen-bond acceptors (Lipinski definition) is 3. The third kappa shape index (κ3) is 6.57. The van der Waals surface area contributed by atoms with Gasteiger partial charge in [0.05, 0.1) is 13.2 Å². The first-order valence-electron chi connectivity index (χ1n) is 9.32. The number of ether oxygens (including phenoxy) is 1. The average molecular weight is 383 g/mol. The van der Waals surface area contributed by atoms with Crippen LogP contribution in [0, 0.1) is 0 Å². The largest absolute Gasteiger partial charge is 0.379 e. The molecule has 1 aromatic carbocycles. The summed E-state index contributed by atoms with van der Waals surface area (Å²) in [6.45, 7) is 18.2. The lowest BCUT2D eigenvalue weighted by molar-refractivity contribution is 0.0383. The Balaban J connectivity index is 0.00000338. The van der Waals surface area contributed by atoms with Gasteiger partial charge in [-0.2, -0.15) is 0 Å². The minimum Gasteiger partial charge on any atom is -0.379 e. The fraction of sp³-hybridized carbons (Fsp3) is 0.667. The van der Waals surface area contributed by atoms with Gasteiger partial charge in [0.1, 0.15) is 0 Å². The number of carbonyl (C=O) groups excluding carboxylic acids is 1. The van der Waals surface area contributed by atoms with Crippen molar-refractivity contribution < 1.29 is 9.53 Å². The SMILES string of the molecule is CC(C)(C)c1cc(C(=O)NCCN2CCOCC2)cc(C(C)(C)C)c1.Cl. The molecular formula is C21H35ClN2O2. The van der Waals surface area contributed by atoms with Crippen molar-refractivity contribution in [1.82, 2.24) is 10.2 Å². The summed E-state index contributed by atoms with van der Waals surface area (Å²) in [5.74, 6) is 0.0184. The lowest BCUT2D eigenvalue weighted by Crippen LogP contribution is -2.41. The maximum Gasteiger partial charge on any atom is 0.251 e. The topological polar surface area (TPSA) is 41.6 Å². The highest BCUT2D eigenvalue weighted by molar-refractivity contribution is 5.94. The van der Waals surface area contributed by atoms with Crippen molar-refractivity contribution in [2.24, 2.45) is 0 Å². The van der Waals surface area contributed by atoms with Gasteiger partial charge in [-0.05, 0) is 34.1 Å². The predicted octanol–water partition coefficient (Wildman–Crippen LogP) is 3.77. The Hall–Kier alpha value is -1.10. The Kier molecular flexibility index (Phi) is 8.12. The van der Waals surface area contributed by atoms with E-state index in [0.29, 0.717) is 6.54 Å². The number of nitrogens with zero attached hydrogens (tertiary/aromatic N) is 1. The van der Waals surface area contributed by atoms with E-state index in [2.05, 4.69) is 57.8 Å². The first-order valence-corrected chi connectivity index (χ1v) is 9.32. The van der Waals surface area contributed by atoms with Gasteiger partial charge in [0.15, 0.2) is 0 Å². The van der Waals surface area contributed by atoms with Crippen LogP contribution in [0.25, 0.3) is 0 Å². The zero-order chi connectivity index (χ0) is 18.7. The van der Waals surface area contributed by atoms with E-state index < -0.39 is 0 Å². The molecule has 0 atom stereocenters. The molecule has 1 aromatic rings. The molecule has 1 N–H and O–H groups in total. The zero-order valence-corrected chi connectivity index (χ0v) is 18.0. The van der Waals surface area contributed by atoms with Crippen molar-refractivity contribution in [1.29, 1.82) is 0 Å². The molecular weight excluding hydrogens is 348 g/mol. The number of rotatable bonds is 4. The second-order valence-corrected chi connectivity index (χ2v) is 9.01. The minimum absolute atomic E-state index is 0. The van der Waals surface area contributed by atoms with Crippen LogP contribution < -0.4 is 5.32 Å². The Morgan fingerprint density at radius 3 is 1.96 bits per heavy atom. The number of nitrogens with one attached hydrogen (secondary N) is 1. The van der Waals surface area contributed by atoms with Crippen LogP contribution in [0.5, 0.6) is 0 Å². The number of carbonyl (C=O) groups is 1. The molecule has 1 heterocycles. The van der Waals surface area contributed by atoms with E-state index in [1.807, 2.05) is 12.1 Å². The van der Waals surface area contributed by atoms with Gasteiger partial charge in [-0.1, -0.05) is 47.6 Å². The van der Waals surface area contributed by atoms with Crippen LogP contribution in [0.1, 0.15) is 63.0 Å². The number of benzene rings is 1. The molecule has 0 saturated carbocycles. The maximum atomic E-state index is 12.7. The van der Waals surface area contributed by atoms with Crippen molar-refractivity contribution in [3.05, 3.63) is 34.9 Å². The third-order valence-corrected chi connectivity index (χ3v) is 4.74. The normalized spacial score (nSPS) is 16.1. The van der Waals surface area contributed by atoms with Gasteiger partial charge in [0, 0.05) is 31.7 Å². The first kappa shape index (κ1) is 22.9. The fourth-order valence-corrected chi connectivity index (χ4v) is 2.88. The van der Waals surface area contributed by atoms with Crippen molar-refractivity contribution in [2.45, 2.75) is 52.4 Å². The van der Waals surface area contributed by atoms with E-state index >= 15 is 0 Å². The molecule has 1 aliphatic heterocycles. The van der Waals surface area contributed by atoms with Crippen LogP contribution in [-0.4, -0.2) is 50.2 Å². The average Bonchev–Trinajstić information content (AvgIpc) is 2.53. The predicted molar refractivity (Wildman–Crippen MR) is 111 cm³/mol. The highest BCUT2D eigenvalue weighted by Crippen LogP contribution is 2.30. The van der Waals surface area contributed by atoms with Crippen LogP contribution in [0.4, 0.5) is 0 Å². The second-order valence-electron chi connectivity index (χ2n) is 9.01. The monoisotopic (exact) mass is 382 g/mol. The van der Waals surface area contributed by atoms with Crippen molar-refractivity contribution >= 4 is 18.3 Å². The summed E-state index contributed by atoms with van der Waals surface area (Å²) in [6, 6.07) is 6.32. The molecule has 0 bridgehead atoms. The van der Waals surface area contributed by atoms with Gasteiger partial charge in [0.25, 0.3) is 5.91 Å². The van der Waals surface area contributed by atoms with E-state index in [0.717, 1.165) is 38.4 Å². The summed E-state index contributed by atoms with van der Waals surface area (Å²) < 4.78 is 5.36. The number of morpholine rings is 1. The van der Waals surface area contributed by atoms with Gasteiger partial charge in [0.2, 0.25) is 0 Å². The molecule has 1 fully saturated rings. The molecule has 2 rings (SSSR count). The Morgan fingerprint density at radius 1 is 1.00 bits per heavy atom. The van der Waals surface area contributed by atoms with Gasteiger partial charge >= 0.3 is 0 Å². The van der Waals surface area contributed by atoms with Crippen LogP contribution in [0.15, 0.2) is 18.2 Å². The standard InChI is InChI=1S/C21H34N2O2.ClH/c1-20(2,3)17-13-16(14-18(15-17)21(4,5)6)19(24)22-7-8-23-9-11-25-12-10-23;/h13-15H,7-12H2,1-6H3,(H,22,24);1H.